The molecule has 0 radical (unpaired) electrons. The van der Waals surface area contributed by atoms with Gasteiger partial charge in [0.2, 0.25) is 0 Å². The summed E-state index contributed by atoms with van der Waals surface area (Å²) in [6.45, 7) is 13.8. The first kappa shape index (κ1) is 15.9. The van der Waals surface area contributed by atoms with Crippen LogP contribution in [0.4, 0.5) is 0 Å². The normalized spacial score (nSPS) is 14.1. The van der Waals surface area contributed by atoms with Gasteiger partial charge in [-0.2, -0.15) is 0 Å². The predicted molar refractivity (Wildman–Crippen MR) is 68.9 cm³/mol. The van der Waals surface area contributed by atoms with Gasteiger partial charge in [0.15, 0.2) is 0 Å². The highest BCUT2D eigenvalue weighted by atomic mass is 16.5. The third kappa shape index (κ3) is 4.40. The molecule has 0 spiro atoms. The van der Waals surface area contributed by atoms with Crippen molar-refractivity contribution < 1.29 is 9.47 Å². The Kier molecular flexibility index (Phi) is 8.90. The van der Waals surface area contributed by atoms with Crippen LogP contribution in [0.25, 0.3) is 0 Å². The molecule has 0 aliphatic rings. The lowest BCUT2D eigenvalue weighted by molar-refractivity contribution is -0.0886. The van der Waals surface area contributed by atoms with E-state index in [-0.39, 0.29) is 11.6 Å². The molecule has 0 aliphatic heterocycles. The Labute approximate surface area is 101 Å². The number of hydrogen-bond acceptors (Lipinski definition) is 3. The summed E-state index contributed by atoms with van der Waals surface area (Å²) in [6, 6.07) is 0.285. The van der Waals surface area contributed by atoms with Gasteiger partial charge in [-0.15, -0.1) is 0 Å². The van der Waals surface area contributed by atoms with Crippen molar-refractivity contribution in [3.8, 4) is 0 Å². The lowest BCUT2D eigenvalue weighted by atomic mass is 9.88. The summed E-state index contributed by atoms with van der Waals surface area (Å²) in [7, 11) is 0. The van der Waals surface area contributed by atoms with Gasteiger partial charge in [0, 0.05) is 13.2 Å². The average Bonchev–Trinajstić information content (AvgIpc) is 2.32. The number of rotatable bonds is 10. The van der Waals surface area contributed by atoms with Gasteiger partial charge in [0.1, 0.15) is 0 Å². The van der Waals surface area contributed by atoms with Crippen molar-refractivity contribution in [2.75, 3.05) is 26.4 Å². The van der Waals surface area contributed by atoms with E-state index in [2.05, 4.69) is 33.0 Å². The smallest absolute Gasteiger partial charge is 0.0851 e. The van der Waals surface area contributed by atoms with E-state index in [1.165, 1.54) is 0 Å². The SMILES string of the molecule is CCNC(COCC)C(CC)(CC)OCC. The minimum atomic E-state index is -0.0834. The van der Waals surface area contributed by atoms with Crippen LogP contribution in [0.1, 0.15) is 47.5 Å². The number of likely N-dealkylation sites (N-methyl/N-ethyl adjacent to an activating group) is 1. The molecule has 3 heteroatoms. The summed E-state index contributed by atoms with van der Waals surface area (Å²) in [6.07, 6.45) is 2.03. The van der Waals surface area contributed by atoms with Crippen LogP contribution in [0.2, 0.25) is 0 Å². The molecule has 0 rings (SSSR count). The molecule has 0 aromatic carbocycles. The Morgan fingerprint density at radius 1 is 1.00 bits per heavy atom. The maximum atomic E-state index is 6.00. The molecule has 1 N–H and O–H groups in total. The molecule has 0 saturated carbocycles. The van der Waals surface area contributed by atoms with Crippen LogP contribution in [-0.4, -0.2) is 38.0 Å². The zero-order chi connectivity index (χ0) is 12.4. The second-order valence-corrected chi connectivity index (χ2v) is 3.97. The monoisotopic (exact) mass is 231 g/mol. The fourth-order valence-corrected chi connectivity index (χ4v) is 2.21. The molecular formula is C13H29NO2. The van der Waals surface area contributed by atoms with Crippen molar-refractivity contribution in [2.24, 2.45) is 0 Å². The highest BCUT2D eigenvalue weighted by molar-refractivity contribution is 4.91. The van der Waals surface area contributed by atoms with Crippen LogP contribution in [0, 0.1) is 0 Å². The minimum absolute atomic E-state index is 0.0834. The fraction of sp³-hybridized carbons (Fsp3) is 1.00. The van der Waals surface area contributed by atoms with Crippen molar-refractivity contribution >= 4 is 0 Å². The summed E-state index contributed by atoms with van der Waals surface area (Å²) in [5, 5.41) is 3.50. The Hall–Kier alpha value is -0.120. The number of nitrogens with one attached hydrogen (secondary N) is 1. The van der Waals surface area contributed by atoms with E-state index >= 15 is 0 Å². The van der Waals surface area contributed by atoms with Crippen LogP contribution in [0.5, 0.6) is 0 Å². The van der Waals surface area contributed by atoms with Crippen LogP contribution in [-0.2, 0) is 9.47 Å². The van der Waals surface area contributed by atoms with E-state index < -0.39 is 0 Å². The molecule has 0 saturated heterocycles. The Morgan fingerprint density at radius 3 is 2.00 bits per heavy atom. The molecule has 0 aromatic rings. The van der Waals surface area contributed by atoms with Crippen molar-refractivity contribution in [2.45, 2.75) is 59.1 Å². The van der Waals surface area contributed by atoms with Crippen LogP contribution < -0.4 is 5.32 Å². The number of ether oxygens (including phenoxy) is 2. The number of hydrogen-bond donors (Lipinski definition) is 1. The third-order valence-corrected chi connectivity index (χ3v) is 3.20. The van der Waals surface area contributed by atoms with E-state index in [1.54, 1.807) is 0 Å². The maximum absolute atomic E-state index is 6.00. The minimum Gasteiger partial charge on any atom is -0.380 e. The molecule has 0 heterocycles. The second kappa shape index (κ2) is 8.97. The molecule has 98 valence electrons. The van der Waals surface area contributed by atoms with Crippen LogP contribution in [0.15, 0.2) is 0 Å². The first-order valence-corrected chi connectivity index (χ1v) is 6.65. The summed E-state index contributed by atoms with van der Waals surface area (Å²) < 4.78 is 11.6. The van der Waals surface area contributed by atoms with E-state index in [4.69, 9.17) is 9.47 Å². The topological polar surface area (TPSA) is 30.5 Å². The van der Waals surface area contributed by atoms with Crippen molar-refractivity contribution in [3.05, 3.63) is 0 Å². The predicted octanol–water partition coefficient (Wildman–Crippen LogP) is 2.60. The summed E-state index contributed by atoms with van der Waals surface area (Å²) in [4.78, 5) is 0. The summed E-state index contributed by atoms with van der Waals surface area (Å²) >= 11 is 0. The van der Waals surface area contributed by atoms with Gasteiger partial charge in [-0.1, -0.05) is 20.8 Å². The molecule has 0 aromatic heterocycles. The average molecular weight is 231 g/mol. The van der Waals surface area contributed by atoms with Gasteiger partial charge in [-0.05, 0) is 33.2 Å². The summed E-state index contributed by atoms with van der Waals surface area (Å²) in [5.41, 5.74) is -0.0834. The molecule has 3 nitrogen and oxygen atoms in total. The van der Waals surface area contributed by atoms with E-state index in [0.29, 0.717) is 0 Å². The van der Waals surface area contributed by atoms with Gasteiger partial charge in [0.25, 0.3) is 0 Å². The Bertz CT molecular complexity index is 158. The van der Waals surface area contributed by atoms with Gasteiger partial charge in [-0.3, -0.25) is 0 Å². The van der Waals surface area contributed by atoms with Crippen LogP contribution in [0.3, 0.4) is 0 Å². The molecule has 16 heavy (non-hydrogen) atoms. The first-order valence-electron chi connectivity index (χ1n) is 6.65. The molecule has 0 aliphatic carbocycles. The molecule has 1 unspecified atom stereocenters. The second-order valence-electron chi connectivity index (χ2n) is 3.97. The van der Waals surface area contributed by atoms with E-state index in [9.17, 15) is 0 Å². The summed E-state index contributed by atoms with van der Waals surface area (Å²) in [5.74, 6) is 0. The quantitative estimate of drug-likeness (QED) is 0.627. The zero-order valence-corrected chi connectivity index (χ0v) is 11.6. The lowest BCUT2D eigenvalue weighted by Crippen LogP contribution is -2.54. The van der Waals surface area contributed by atoms with Gasteiger partial charge < -0.3 is 14.8 Å². The largest absolute Gasteiger partial charge is 0.380 e. The van der Waals surface area contributed by atoms with Gasteiger partial charge >= 0.3 is 0 Å². The molecule has 1 atom stereocenters. The van der Waals surface area contributed by atoms with Crippen molar-refractivity contribution in [3.63, 3.8) is 0 Å². The Balaban J connectivity index is 4.61. The van der Waals surface area contributed by atoms with Gasteiger partial charge in [-0.25, -0.2) is 0 Å². The van der Waals surface area contributed by atoms with E-state index in [1.807, 2.05) is 6.92 Å². The standard InChI is InChI=1S/C13H29NO2/c1-6-13(7-2,16-10-5)12(14-8-3)11-15-9-4/h12,14H,6-11H2,1-5H3. The maximum Gasteiger partial charge on any atom is 0.0851 e. The molecule has 0 amide bonds. The van der Waals surface area contributed by atoms with Crippen LogP contribution >= 0.6 is 0 Å². The Morgan fingerprint density at radius 2 is 1.62 bits per heavy atom. The highest BCUT2D eigenvalue weighted by Gasteiger charge is 2.35. The lowest BCUT2D eigenvalue weighted by Gasteiger charge is -2.39. The van der Waals surface area contributed by atoms with Gasteiger partial charge in [0.05, 0.1) is 18.2 Å². The molecule has 0 bridgehead atoms. The third-order valence-electron chi connectivity index (χ3n) is 3.20. The highest BCUT2D eigenvalue weighted by Crippen LogP contribution is 2.25. The van der Waals surface area contributed by atoms with Crippen molar-refractivity contribution in [1.29, 1.82) is 0 Å². The molecule has 0 fully saturated rings. The molecular weight excluding hydrogens is 202 g/mol. The first-order chi connectivity index (χ1) is 7.70. The zero-order valence-electron chi connectivity index (χ0n) is 11.6. The fourth-order valence-electron chi connectivity index (χ4n) is 2.21. The van der Waals surface area contributed by atoms with E-state index in [0.717, 1.165) is 39.2 Å². The van der Waals surface area contributed by atoms with Crippen molar-refractivity contribution in [1.82, 2.24) is 5.32 Å².